The van der Waals surface area contributed by atoms with Gasteiger partial charge in [-0.25, -0.2) is 4.99 Å². The lowest BCUT2D eigenvalue weighted by molar-refractivity contribution is -0.127. The number of aliphatic imine (C=N–C) groups is 1. The molecular weight excluding hydrogens is 398 g/mol. The maximum absolute atomic E-state index is 12.8. The molecule has 0 aromatic heterocycles. The summed E-state index contributed by atoms with van der Waals surface area (Å²) in [5.41, 5.74) is 2.98. The van der Waals surface area contributed by atoms with Crippen molar-refractivity contribution in [1.29, 1.82) is 0 Å². The van der Waals surface area contributed by atoms with Crippen molar-refractivity contribution < 1.29 is 14.4 Å². The van der Waals surface area contributed by atoms with Gasteiger partial charge in [-0.1, -0.05) is 30.0 Å². The Morgan fingerprint density at radius 3 is 2.60 bits per heavy atom. The van der Waals surface area contributed by atoms with Crippen molar-refractivity contribution in [2.45, 2.75) is 25.5 Å². The van der Waals surface area contributed by atoms with E-state index in [0.717, 1.165) is 5.56 Å². The highest BCUT2D eigenvalue weighted by atomic mass is 32.2. The molecule has 0 aliphatic carbocycles. The molecular formula is C23H23N3O3S. The Bertz CT molecular complexity index is 1010. The molecule has 30 heavy (non-hydrogen) atoms. The number of hydrogen-bond acceptors (Lipinski definition) is 5. The first kappa shape index (κ1) is 21.5. The zero-order valence-electron chi connectivity index (χ0n) is 16.9. The summed E-state index contributed by atoms with van der Waals surface area (Å²) in [5.74, 6) is -0.414. The Labute approximate surface area is 180 Å². The van der Waals surface area contributed by atoms with E-state index in [9.17, 15) is 14.4 Å². The third-order valence-electron chi connectivity index (χ3n) is 4.50. The number of anilines is 1. The van der Waals surface area contributed by atoms with Crippen LogP contribution in [0.15, 0.2) is 66.2 Å². The summed E-state index contributed by atoms with van der Waals surface area (Å²) in [6.45, 7) is 7.47. The minimum atomic E-state index is -0.551. The SMILES string of the molecule is C=CCN1C(=O)[C@H](CC(=O)Nc2cccc(C)c2)SC1=Nc1ccc(C(C)=O)cc1. The zero-order valence-corrected chi connectivity index (χ0v) is 17.7. The number of thioether (sulfide) groups is 1. The molecule has 0 bridgehead atoms. The molecule has 0 saturated carbocycles. The van der Waals surface area contributed by atoms with Crippen LogP contribution in [0.3, 0.4) is 0 Å². The number of nitrogens with zero attached hydrogens (tertiary/aromatic N) is 2. The van der Waals surface area contributed by atoms with Gasteiger partial charge >= 0.3 is 0 Å². The summed E-state index contributed by atoms with van der Waals surface area (Å²) in [6, 6.07) is 14.4. The fraction of sp³-hybridized carbons (Fsp3) is 0.217. The maximum Gasteiger partial charge on any atom is 0.242 e. The van der Waals surface area contributed by atoms with Crippen molar-refractivity contribution in [2.75, 3.05) is 11.9 Å². The zero-order chi connectivity index (χ0) is 21.7. The van der Waals surface area contributed by atoms with Gasteiger partial charge in [-0.2, -0.15) is 0 Å². The second-order valence-electron chi connectivity index (χ2n) is 6.96. The number of carbonyl (C=O) groups is 3. The fourth-order valence-corrected chi connectivity index (χ4v) is 4.17. The second kappa shape index (κ2) is 9.54. The highest BCUT2D eigenvalue weighted by Gasteiger charge is 2.38. The third kappa shape index (κ3) is 5.24. The molecule has 6 nitrogen and oxygen atoms in total. The number of amides is 2. The van der Waals surface area contributed by atoms with Crippen LogP contribution >= 0.6 is 11.8 Å². The van der Waals surface area contributed by atoms with E-state index < -0.39 is 5.25 Å². The largest absolute Gasteiger partial charge is 0.326 e. The number of nitrogens with one attached hydrogen (secondary N) is 1. The molecule has 1 saturated heterocycles. The lowest BCUT2D eigenvalue weighted by Gasteiger charge is -2.14. The predicted octanol–water partition coefficient (Wildman–Crippen LogP) is 4.34. The number of ketones is 1. The number of carbonyl (C=O) groups excluding carboxylic acids is 3. The van der Waals surface area contributed by atoms with Crippen molar-refractivity contribution in [3.8, 4) is 0 Å². The Balaban J connectivity index is 1.74. The lowest BCUT2D eigenvalue weighted by atomic mass is 10.1. The van der Waals surface area contributed by atoms with Gasteiger partial charge in [0.1, 0.15) is 5.25 Å². The van der Waals surface area contributed by atoms with Gasteiger partial charge < -0.3 is 5.32 Å². The van der Waals surface area contributed by atoms with Gasteiger partial charge in [-0.3, -0.25) is 19.3 Å². The third-order valence-corrected chi connectivity index (χ3v) is 5.68. The highest BCUT2D eigenvalue weighted by molar-refractivity contribution is 8.15. The fourth-order valence-electron chi connectivity index (χ4n) is 3.01. The molecule has 1 atom stereocenters. The molecule has 0 radical (unpaired) electrons. The average Bonchev–Trinajstić information content (AvgIpc) is 2.97. The van der Waals surface area contributed by atoms with E-state index in [4.69, 9.17) is 0 Å². The molecule has 2 amide bonds. The summed E-state index contributed by atoms with van der Waals surface area (Å²) < 4.78 is 0. The molecule has 2 aromatic carbocycles. The van der Waals surface area contributed by atoms with Crippen LogP contribution in [0.2, 0.25) is 0 Å². The first-order valence-corrected chi connectivity index (χ1v) is 10.4. The molecule has 1 fully saturated rings. The quantitative estimate of drug-likeness (QED) is 0.533. The topological polar surface area (TPSA) is 78.8 Å². The van der Waals surface area contributed by atoms with E-state index in [1.54, 1.807) is 30.3 Å². The first-order chi connectivity index (χ1) is 14.4. The molecule has 3 rings (SSSR count). The highest BCUT2D eigenvalue weighted by Crippen LogP contribution is 2.32. The van der Waals surface area contributed by atoms with Gasteiger partial charge in [0.15, 0.2) is 11.0 Å². The van der Waals surface area contributed by atoms with E-state index in [-0.39, 0.29) is 24.0 Å². The molecule has 1 aliphatic rings. The van der Waals surface area contributed by atoms with Crippen LogP contribution < -0.4 is 5.32 Å². The lowest BCUT2D eigenvalue weighted by Crippen LogP contribution is -2.33. The summed E-state index contributed by atoms with van der Waals surface area (Å²) in [7, 11) is 0. The van der Waals surface area contributed by atoms with Crippen LogP contribution in [-0.2, 0) is 9.59 Å². The molecule has 0 unspecified atom stereocenters. The second-order valence-corrected chi connectivity index (χ2v) is 8.13. The summed E-state index contributed by atoms with van der Waals surface area (Å²) in [6.07, 6.45) is 1.68. The first-order valence-electron chi connectivity index (χ1n) is 9.52. The monoisotopic (exact) mass is 421 g/mol. The predicted molar refractivity (Wildman–Crippen MR) is 121 cm³/mol. The van der Waals surface area contributed by atoms with Crippen molar-refractivity contribution in [3.05, 3.63) is 72.3 Å². The van der Waals surface area contributed by atoms with Crippen LogP contribution in [0.5, 0.6) is 0 Å². The Morgan fingerprint density at radius 2 is 1.97 bits per heavy atom. The van der Waals surface area contributed by atoms with Crippen molar-refractivity contribution in [2.24, 2.45) is 4.99 Å². The normalized spacial score (nSPS) is 17.3. The molecule has 1 aliphatic heterocycles. The smallest absolute Gasteiger partial charge is 0.242 e. The van der Waals surface area contributed by atoms with Crippen molar-refractivity contribution >= 4 is 45.9 Å². The van der Waals surface area contributed by atoms with Crippen LogP contribution in [0.4, 0.5) is 11.4 Å². The summed E-state index contributed by atoms with van der Waals surface area (Å²) >= 11 is 1.27. The molecule has 0 spiro atoms. The van der Waals surface area contributed by atoms with Gasteiger partial charge in [-0.05, 0) is 55.8 Å². The van der Waals surface area contributed by atoms with Crippen molar-refractivity contribution in [3.63, 3.8) is 0 Å². The number of amidine groups is 1. The van der Waals surface area contributed by atoms with Crippen LogP contribution in [0, 0.1) is 6.92 Å². The molecule has 1 N–H and O–H groups in total. The van der Waals surface area contributed by atoms with E-state index in [1.807, 2.05) is 31.2 Å². The van der Waals surface area contributed by atoms with Crippen LogP contribution in [-0.4, -0.2) is 39.5 Å². The Morgan fingerprint density at radius 1 is 1.23 bits per heavy atom. The average molecular weight is 422 g/mol. The van der Waals surface area contributed by atoms with Crippen LogP contribution in [0.1, 0.15) is 29.3 Å². The number of Topliss-reactive ketones (excluding diaryl/α,β-unsaturated/α-hetero) is 1. The molecule has 2 aromatic rings. The number of aryl methyl sites for hydroxylation is 1. The molecule has 1 heterocycles. The van der Waals surface area contributed by atoms with E-state index in [0.29, 0.717) is 28.7 Å². The number of rotatable bonds is 7. The number of hydrogen-bond donors (Lipinski definition) is 1. The van der Waals surface area contributed by atoms with Crippen LogP contribution in [0.25, 0.3) is 0 Å². The van der Waals surface area contributed by atoms with Gasteiger partial charge in [0.05, 0.1) is 5.69 Å². The van der Waals surface area contributed by atoms with Gasteiger partial charge in [0.25, 0.3) is 0 Å². The van der Waals surface area contributed by atoms with E-state index in [1.165, 1.54) is 23.6 Å². The summed E-state index contributed by atoms with van der Waals surface area (Å²) in [4.78, 5) is 42.8. The molecule has 7 heteroatoms. The summed E-state index contributed by atoms with van der Waals surface area (Å²) in [5, 5.41) is 2.81. The van der Waals surface area contributed by atoms with Crippen molar-refractivity contribution in [1.82, 2.24) is 4.90 Å². The maximum atomic E-state index is 12.8. The number of benzene rings is 2. The minimum Gasteiger partial charge on any atom is -0.326 e. The Hall–Kier alpha value is -3.19. The Kier molecular flexibility index (Phi) is 6.84. The van der Waals surface area contributed by atoms with Gasteiger partial charge in [0.2, 0.25) is 11.8 Å². The standard InChI is InChI=1S/C23H23N3O3S/c1-4-12-26-22(29)20(14-21(28)24-19-7-5-6-15(2)13-19)30-23(26)25-18-10-8-17(9-11-18)16(3)27/h4-11,13,20H,1,12,14H2,2-3H3,(H,24,28)/t20-/m0/s1. The minimum absolute atomic E-state index is 0.0207. The molecule has 154 valence electrons. The van der Waals surface area contributed by atoms with E-state index in [2.05, 4.69) is 16.9 Å². The van der Waals surface area contributed by atoms with Gasteiger partial charge in [0, 0.05) is 24.2 Å². The van der Waals surface area contributed by atoms with E-state index >= 15 is 0 Å². The van der Waals surface area contributed by atoms with Gasteiger partial charge in [-0.15, -0.1) is 6.58 Å².